The van der Waals surface area contributed by atoms with E-state index < -0.39 is 0 Å². The second-order valence-electron chi connectivity index (χ2n) is 4.45. The third kappa shape index (κ3) is 2.25. The van der Waals surface area contributed by atoms with Crippen LogP contribution in [0.4, 0.5) is 0 Å². The Bertz CT molecular complexity index is 700. The van der Waals surface area contributed by atoms with Gasteiger partial charge in [-0.05, 0) is 31.0 Å². The standard InChI is InChI=1S/C15H15N3S/c1-10-18-9-14(19-10)15(16-2)13-5-3-4-11-8-17-7-6-12(11)13/h3-9,15-16H,1-2H3. The van der Waals surface area contributed by atoms with E-state index in [0.717, 1.165) is 5.01 Å². The van der Waals surface area contributed by atoms with Gasteiger partial charge in [-0.25, -0.2) is 4.98 Å². The molecule has 1 aromatic carbocycles. The van der Waals surface area contributed by atoms with E-state index in [2.05, 4.69) is 39.6 Å². The Morgan fingerprint density at radius 3 is 2.84 bits per heavy atom. The molecule has 2 aromatic heterocycles. The topological polar surface area (TPSA) is 37.8 Å². The monoisotopic (exact) mass is 269 g/mol. The molecule has 0 bridgehead atoms. The van der Waals surface area contributed by atoms with E-state index in [9.17, 15) is 0 Å². The molecule has 3 aromatic rings. The molecule has 0 aliphatic carbocycles. The number of nitrogens with one attached hydrogen (secondary N) is 1. The van der Waals surface area contributed by atoms with Gasteiger partial charge < -0.3 is 5.32 Å². The number of hydrogen-bond acceptors (Lipinski definition) is 4. The second-order valence-corrected chi connectivity index (χ2v) is 5.71. The maximum atomic E-state index is 4.36. The number of benzene rings is 1. The highest BCUT2D eigenvalue weighted by molar-refractivity contribution is 7.11. The summed E-state index contributed by atoms with van der Waals surface area (Å²) in [6, 6.07) is 8.59. The maximum absolute atomic E-state index is 4.36. The zero-order valence-corrected chi connectivity index (χ0v) is 11.7. The summed E-state index contributed by atoms with van der Waals surface area (Å²) in [5.74, 6) is 0. The van der Waals surface area contributed by atoms with E-state index in [0.29, 0.717) is 0 Å². The van der Waals surface area contributed by atoms with Crippen LogP contribution in [0.25, 0.3) is 10.8 Å². The molecule has 1 N–H and O–H groups in total. The van der Waals surface area contributed by atoms with Crippen LogP contribution in [-0.4, -0.2) is 17.0 Å². The quantitative estimate of drug-likeness (QED) is 0.792. The first-order valence-electron chi connectivity index (χ1n) is 6.22. The van der Waals surface area contributed by atoms with Crippen molar-refractivity contribution < 1.29 is 0 Å². The highest BCUT2D eigenvalue weighted by atomic mass is 32.1. The lowest BCUT2D eigenvalue weighted by Crippen LogP contribution is -2.16. The van der Waals surface area contributed by atoms with E-state index in [1.807, 2.05) is 32.6 Å². The first kappa shape index (κ1) is 12.3. The molecule has 1 unspecified atom stereocenters. The molecule has 96 valence electrons. The van der Waals surface area contributed by atoms with Gasteiger partial charge in [0.1, 0.15) is 0 Å². The Morgan fingerprint density at radius 2 is 2.11 bits per heavy atom. The number of pyridine rings is 1. The predicted molar refractivity (Wildman–Crippen MR) is 79.5 cm³/mol. The van der Waals surface area contributed by atoms with Crippen LogP contribution < -0.4 is 5.32 Å². The Hall–Kier alpha value is -1.78. The molecule has 4 heteroatoms. The summed E-state index contributed by atoms with van der Waals surface area (Å²) in [6.07, 6.45) is 5.71. The molecular weight excluding hydrogens is 254 g/mol. The molecule has 3 rings (SSSR count). The zero-order valence-electron chi connectivity index (χ0n) is 10.9. The number of thiazole rings is 1. The summed E-state index contributed by atoms with van der Waals surface area (Å²) in [6.45, 7) is 2.04. The smallest absolute Gasteiger partial charge is 0.0897 e. The van der Waals surface area contributed by atoms with E-state index in [4.69, 9.17) is 0 Å². The van der Waals surface area contributed by atoms with Crippen LogP contribution in [0.3, 0.4) is 0 Å². The normalized spacial score (nSPS) is 12.7. The Labute approximate surface area is 116 Å². The van der Waals surface area contributed by atoms with E-state index in [1.165, 1.54) is 21.2 Å². The molecule has 0 amide bonds. The van der Waals surface area contributed by atoms with Crippen LogP contribution in [0.15, 0.2) is 42.9 Å². The minimum absolute atomic E-state index is 0.178. The summed E-state index contributed by atoms with van der Waals surface area (Å²) >= 11 is 1.73. The minimum Gasteiger partial charge on any atom is -0.309 e. The van der Waals surface area contributed by atoms with Gasteiger partial charge in [0.05, 0.1) is 11.0 Å². The summed E-state index contributed by atoms with van der Waals surface area (Å²) in [4.78, 5) is 9.78. The van der Waals surface area contributed by atoms with Gasteiger partial charge in [-0.15, -0.1) is 11.3 Å². The lowest BCUT2D eigenvalue weighted by Gasteiger charge is -2.16. The highest BCUT2D eigenvalue weighted by Crippen LogP contribution is 2.31. The van der Waals surface area contributed by atoms with Crippen molar-refractivity contribution in [2.45, 2.75) is 13.0 Å². The lowest BCUT2D eigenvalue weighted by atomic mass is 9.99. The Kier molecular flexibility index (Phi) is 3.27. The van der Waals surface area contributed by atoms with Crippen LogP contribution in [0.2, 0.25) is 0 Å². The Morgan fingerprint density at radius 1 is 1.21 bits per heavy atom. The fourth-order valence-electron chi connectivity index (χ4n) is 2.36. The third-order valence-electron chi connectivity index (χ3n) is 3.24. The zero-order chi connectivity index (χ0) is 13.2. The van der Waals surface area contributed by atoms with E-state index in [-0.39, 0.29) is 6.04 Å². The van der Waals surface area contributed by atoms with Gasteiger partial charge in [0.25, 0.3) is 0 Å². The molecule has 0 saturated heterocycles. The van der Waals surface area contributed by atoms with Crippen molar-refractivity contribution in [3.63, 3.8) is 0 Å². The van der Waals surface area contributed by atoms with Gasteiger partial charge in [0.2, 0.25) is 0 Å². The van der Waals surface area contributed by atoms with Crippen LogP contribution >= 0.6 is 11.3 Å². The minimum atomic E-state index is 0.178. The van der Waals surface area contributed by atoms with Gasteiger partial charge >= 0.3 is 0 Å². The van der Waals surface area contributed by atoms with Crippen LogP contribution in [0.1, 0.15) is 21.5 Å². The first-order valence-corrected chi connectivity index (χ1v) is 7.03. The number of aromatic nitrogens is 2. The average Bonchev–Trinajstić information content (AvgIpc) is 2.86. The molecule has 2 heterocycles. The molecule has 0 aliphatic heterocycles. The van der Waals surface area contributed by atoms with Crippen molar-refractivity contribution in [1.82, 2.24) is 15.3 Å². The van der Waals surface area contributed by atoms with Gasteiger partial charge in [-0.2, -0.15) is 0 Å². The van der Waals surface area contributed by atoms with E-state index in [1.54, 1.807) is 11.3 Å². The number of nitrogens with zero attached hydrogens (tertiary/aromatic N) is 2. The third-order valence-corrected chi connectivity index (χ3v) is 4.22. The summed E-state index contributed by atoms with van der Waals surface area (Å²) in [5, 5.41) is 6.89. The van der Waals surface area contributed by atoms with Gasteiger partial charge in [0, 0.05) is 28.9 Å². The molecular formula is C15H15N3S. The number of hydrogen-bond donors (Lipinski definition) is 1. The summed E-state index contributed by atoms with van der Waals surface area (Å²) in [5.41, 5.74) is 1.27. The molecule has 1 atom stereocenters. The molecule has 0 fully saturated rings. The average molecular weight is 269 g/mol. The molecule has 0 saturated carbocycles. The second kappa shape index (κ2) is 5.07. The van der Waals surface area contributed by atoms with Crippen LogP contribution in [0, 0.1) is 6.92 Å². The van der Waals surface area contributed by atoms with Crippen molar-refractivity contribution in [3.05, 3.63) is 58.3 Å². The largest absolute Gasteiger partial charge is 0.309 e. The van der Waals surface area contributed by atoms with Crippen molar-refractivity contribution in [3.8, 4) is 0 Å². The van der Waals surface area contributed by atoms with Crippen LogP contribution in [-0.2, 0) is 0 Å². The van der Waals surface area contributed by atoms with Crippen molar-refractivity contribution in [2.24, 2.45) is 0 Å². The van der Waals surface area contributed by atoms with Crippen molar-refractivity contribution in [2.75, 3.05) is 7.05 Å². The van der Waals surface area contributed by atoms with Crippen molar-refractivity contribution in [1.29, 1.82) is 0 Å². The summed E-state index contributed by atoms with van der Waals surface area (Å²) in [7, 11) is 1.99. The van der Waals surface area contributed by atoms with E-state index >= 15 is 0 Å². The van der Waals surface area contributed by atoms with Gasteiger partial charge in [-0.1, -0.05) is 18.2 Å². The van der Waals surface area contributed by atoms with Crippen LogP contribution in [0.5, 0.6) is 0 Å². The SMILES string of the molecule is CNC(c1cnc(C)s1)c1cccc2cnccc12. The molecule has 19 heavy (non-hydrogen) atoms. The fourth-order valence-corrected chi connectivity index (χ4v) is 3.28. The summed E-state index contributed by atoms with van der Waals surface area (Å²) < 4.78 is 0. The van der Waals surface area contributed by atoms with Gasteiger partial charge in [-0.3, -0.25) is 4.98 Å². The van der Waals surface area contributed by atoms with Gasteiger partial charge in [0.15, 0.2) is 0 Å². The molecule has 0 radical (unpaired) electrons. The number of aryl methyl sites for hydroxylation is 1. The molecule has 3 nitrogen and oxygen atoms in total. The van der Waals surface area contributed by atoms with Crippen molar-refractivity contribution >= 4 is 22.1 Å². The lowest BCUT2D eigenvalue weighted by molar-refractivity contribution is 0.707. The number of fused-ring (bicyclic) bond motifs is 1. The molecule has 0 aliphatic rings. The maximum Gasteiger partial charge on any atom is 0.0897 e. The fraction of sp³-hybridized carbons (Fsp3) is 0.200. The highest BCUT2D eigenvalue weighted by Gasteiger charge is 2.16. The Balaban J connectivity index is 2.16. The first-order chi connectivity index (χ1) is 9.29. The number of rotatable bonds is 3. The predicted octanol–water partition coefficient (Wildman–Crippen LogP) is 3.31. The molecule has 0 spiro atoms.